The van der Waals surface area contributed by atoms with Gasteiger partial charge in [0.2, 0.25) is 0 Å². The number of likely N-dealkylation sites (tertiary alicyclic amines) is 1. The molecular weight excluding hydrogens is 302 g/mol. The molecule has 1 rings (SSSR count). The molecule has 0 spiro atoms. The van der Waals surface area contributed by atoms with Crippen molar-refractivity contribution < 1.29 is 24.5 Å². The number of amides is 1. The molecule has 7 heteroatoms. The lowest BCUT2D eigenvalue weighted by Crippen LogP contribution is -2.54. The van der Waals surface area contributed by atoms with E-state index >= 15 is 0 Å². The van der Waals surface area contributed by atoms with E-state index in [9.17, 15) is 19.8 Å². The van der Waals surface area contributed by atoms with E-state index in [-0.39, 0.29) is 13.0 Å². The van der Waals surface area contributed by atoms with Crippen molar-refractivity contribution in [3.8, 4) is 0 Å². The molecule has 128 valence electrons. The second-order valence-corrected chi connectivity index (χ2v) is 14.0. The van der Waals surface area contributed by atoms with Crippen LogP contribution in [0.4, 0.5) is 4.79 Å². The maximum atomic E-state index is 12.4. The predicted molar refractivity (Wildman–Crippen MR) is 86.7 cm³/mol. The van der Waals surface area contributed by atoms with Gasteiger partial charge in [-0.25, -0.2) is 9.59 Å². The molecule has 0 radical (unpaired) electrons. The molecule has 2 N–H and O–H groups in total. The molecule has 0 aromatic carbocycles. The number of hydrogen-bond acceptors (Lipinski definition) is 4. The standard InChI is InChI=1S/C15H29NO5Si/c1-14(2,3)21-13(20)16-10-11(17)9-15(16,12(18)19)7-8-22(4,5)6/h11,17H,7-10H2,1-6H3,(H,18,19). The summed E-state index contributed by atoms with van der Waals surface area (Å²) in [5.74, 6) is -1.06. The number of aliphatic carboxylic acids is 1. The SMILES string of the molecule is CC(C)(C)OC(=O)N1CC(O)CC1(CC[Si](C)(C)C)C(=O)O. The minimum absolute atomic E-state index is 0.00686. The van der Waals surface area contributed by atoms with Gasteiger partial charge in [0.05, 0.1) is 12.6 Å². The Hall–Kier alpha value is -1.08. The van der Waals surface area contributed by atoms with Crippen molar-refractivity contribution in [2.45, 2.75) is 76.5 Å². The Morgan fingerprint density at radius 1 is 1.32 bits per heavy atom. The smallest absolute Gasteiger partial charge is 0.411 e. The fourth-order valence-electron chi connectivity index (χ4n) is 2.64. The lowest BCUT2D eigenvalue weighted by Gasteiger charge is -2.36. The number of nitrogens with zero attached hydrogens (tertiary/aromatic N) is 1. The summed E-state index contributed by atoms with van der Waals surface area (Å²) in [7, 11) is -1.47. The first-order chi connectivity index (χ1) is 9.77. The molecular formula is C15H29NO5Si. The van der Waals surface area contributed by atoms with Gasteiger partial charge in [-0.15, -0.1) is 0 Å². The monoisotopic (exact) mass is 331 g/mol. The maximum absolute atomic E-state index is 12.4. The molecule has 2 atom stereocenters. The maximum Gasteiger partial charge on any atom is 0.411 e. The van der Waals surface area contributed by atoms with Gasteiger partial charge in [-0.05, 0) is 27.2 Å². The number of carbonyl (C=O) groups is 2. The predicted octanol–water partition coefficient (Wildman–Crippen LogP) is 2.54. The summed E-state index contributed by atoms with van der Waals surface area (Å²) in [6, 6.07) is 0.769. The van der Waals surface area contributed by atoms with Gasteiger partial charge >= 0.3 is 12.1 Å². The third kappa shape index (κ3) is 4.71. The average molecular weight is 331 g/mol. The molecule has 1 amide bonds. The Morgan fingerprint density at radius 3 is 2.27 bits per heavy atom. The molecule has 22 heavy (non-hydrogen) atoms. The van der Waals surface area contributed by atoms with Gasteiger partial charge in [-0.3, -0.25) is 4.90 Å². The summed E-state index contributed by atoms with van der Waals surface area (Å²) in [4.78, 5) is 25.5. The van der Waals surface area contributed by atoms with Crippen LogP contribution in [0.5, 0.6) is 0 Å². The number of rotatable bonds is 4. The minimum Gasteiger partial charge on any atom is -0.479 e. The Morgan fingerprint density at radius 2 is 1.86 bits per heavy atom. The highest BCUT2D eigenvalue weighted by molar-refractivity contribution is 6.76. The number of β-amino-alcohol motifs (C(OH)–C–C–N with tert-alkyl or cyclic N) is 1. The summed E-state index contributed by atoms with van der Waals surface area (Å²) in [5.41, 5.74) is -2.06. The first kappa shape index (κ1) is 19.0. The molecule has 0 aromatic heterocycles. The third-order valence-electron chi connectivity index (χ3n) is 3.78. The Bertz CT molecular complexity index is 440. The van der Waals surface area contributed by atoms with Gasteiger partial charge in [0.1, 0.15) is 11.1 Å². The van der Waals surface area contributed by atoms with Crippen LogP contribution in [0.3, 0.4) is 0 Å². The van der Waals surface area contributed by atoms with E-state index in [2.05, 4.69) is 19.6 Å². The number of carboxylic acid groups (broad SMARTS) is 1. The molecule has 0 saturated carbocycles. The zero-order valence-corrected chi connectivity index (χ0v) is 15.5. The van der Waals surface area contributed by atoms with Crippen LogP contribution >= 0.6 is 0 Å². The van der Waals surface area contributed by atoms with Gasteiger partial charge < -0.3 is 14.9 Å². The van der Waals surface area contributed by atoms with Crippen LogP contribution in [-0.2, 0) is 9.53 Å². The fraction of sp³-hybridized carbons (Fsp3) is 0.867. The van der Waals surface area contributed by atoms with Crippen LogP contribution in [0.1, 0.15) is 33.6 Å². The molecule has 1 fully saturated rings. The fourth-order valence-corrected chi connectivity index (χ4v) is 3.81. The Balaban J connectivity index is 3.05. The molecule has 0 bridgehead atoms. The zero-order valence-electron chi connectivity index (χ0n) is 14.5. The van der Waals surface area contributed by atoms with E-state index in [4.69, 9.17) is 4.74 Å². The normalized spacial score (nSPS) is 26.1. The number of hydrogen-bond donors (Lipinski definition) is 2. The van der Waals surface area contributed by atoms with Crippen LogP contribution in [0, 0.1) is 0 Å². The van der Waals surface area contributed by atoms with Gasteiger partial charge in [-0.1, -0.05) is 25.7 Å². The van der Waals surface area contributed by atoms with Crippen LogP contribution in [-0.4, -0.2) is 59.0 Å². The quantitative estimate of drug-likeness (QED) is 0.773. The van der Waals surface area contributed by atoms with Crippen molar-refractivity contribution in [2.75, 3.05) is 6.54 Å². The second kappa shape index (κ2) is 6.20. The van der Waals surface area contributed by atoms with E-state index in [1.807, 2.05) is 0 Å². The average Bonchev–Trinajstić information content (AvgIpc) is 2.62. The third-order valence-corrected chi connectivity index (χ3v) is 5.53. The van der Waals surface area contributed by atoms with Crippen molar-refractivity contribution >= 4 is 20.1 Å². The molecule has 2 unspecified atom stereocenters. The molecule has 0 aliphatic carbocycles. The van der Waals surface area contributed by atoms with Gasteiger partial charge in [0.25, 0.3) is 0 Å². The molecule has 1 saturated heterocycles. The molecule has 1 aliphatic heterocycles. The number of aliphatic hydroxyl groups excluding tert-OH is 1. The van der Waals surface area contributed by atoms with Gasteiger partial charge in [0.15, 0.2) is 0 Å². The summed E-state index contributed by atoms with van der Waals surface area (Å²) < 4.78 is 5.33. The zero-order chi connectivity index (χ0) is 17.3. The van der Waals surface area contributed by atoms with Crippen molar-refractivity contribution in [3.63, 3.8) is 0 Å². The second-order valence-electron chi connectivity index (χ2n) is 8.35. The molecule has 1 aliphatic rings. The lowest BCUT2D eigenvalue weighted by molar-refractivity contribution is -0.149. The van der Waals surface area contributed by atoms with Crippen LogP contribution in [0.15, 0.2) is 0 Å². The largest absolute Gasteiger partial charge is 0.479 e. The van der Waals surface area contributed by atoms with Crippen molar-refractivity contribution in [2.24, 2.45) is 0 Å². The van der Waals surface area contributed by atoms with Crippen molar-refractivity contribution in [3.05, 3.63) is 0 Å². The first-order valence-electron chi connectivity index (χ1n) is 7.69. The highest BCUT2D eigenvalue weighted by Gasteiger charge is 2.54. The highest BCUT2D eigenvalue weighted by Crippen LogP contribution is 2.37. The van der Waals surface area contributed by atoms with Crippen LogP contribution in [0.25, 0.3) is 0 Å². The molecule has 0 aromatic rings. The van der Waals surface area contributed by atoms with Crippen LogP contribution in [0.2, 0.25) is 25.7 Å². The molecule has 1 heterocycles. The number of carbonyl (C=O) groups excluding carboxylic acids is 1. The van der Waals surface area contributed by atoms with E-state index in [0.29, 0.717) is 6.42 Å². The highest BCUT2D eigenvalue weighted by atomic mass is 28.3. The number of ether oxygens (including phenoxy) is 1. The topological polar surface area (TPSA) is 87.1 Å². The lowest BCUT2D eigenvalue weighted by atomic mass is 9.92. The van der Waals surface area contributed by atoms with Gasteiger partial charge in [-0.2, -0.15) is 0 Å². The van der Waals surface area contributed by atoms with Crippen molar-refractivity contribution in [1.82, 2.24) is 4.90 Å². The van der Waals surface area contributed by atoms with E-state index in [1.54, 1.807) is 20.8 Å². The number of aliphatic hydroxyl groups is 1. The Kier molecular flexibility index (Phi) is 5.34. The number of carboxylic acids is 1. The first-order valence-corrected chi connectivity index (χ1v) is 11.4. The summed E-state index contributed by atoms with van der Waals surface area (Å²) in [6.45, 7) is 11.7. The van der Waals surface area contributed by atoms with E-state index in [1.165, 1.54) is 4.90 Å². The minimum atomic E-state index is -1.47. The van der Waals surface area contributed by atoms with E-state index < -0.39 is 37.4 Å². The van der Waals surface area contributed by atoms with Crippen molar-refractivity contribution in [1.29, 1.82) is 0 Å². The van der Waals surface area contributed by atoms with Crippen LogP contribution < -0.4 is 0 Å². The Labute approximate surface area is 133 Å². The summed E-state index contributed by atoms with van der Waals surface area (Å²) in [5, 5.41) is 19.7. The summed E-state index contributed by atoms with van der Waals surface area (Å²) in [6.07, 6.45) is -1.08. The van der Waals surface area contributed by atoms with E-state index in [0.717, 1.165) is 6.04 Å². The summed E-state index contributed by atoms with van der Waals surface area (Å²) >= 11 is 0. The van der Waals surface area contributed by atoms with Gasteiger partial charge in [0, 0.05) is 14.5 Å². The molecule has 6 nitrogen and oxygen atoms in total.